The van der Waals surface area contributed by atoms with Crippen molar-refractivity contribution < 1.29 is 19.3 Å². The monoisotopic (exact) mass is 402 g/mol. The lowest BCUT2D eigenvalue weighted by molar-refractivity contribution is -0.577. The zero-order chi connectivity index (χ0) is 21.6. The van der Waals surface area contributed by atoms with Crippen LogP contribution >= 0.6 is 0 Å². The molecule has 30 heavy (non-hydrogen) atoms. The number of nitrogens with zero attached hydrogens (tertiary/aromatic N) is 4. The van der Waals surface area contributed by atoms with Crippen LogP contribution in [0, 0.1) is 13.8 Å². The summed E-state index contributed by atoms with van der Waals surface area (Å²) in [5.41, 5.74) is 2.43. The number of pyridine rings is 1. The van der Waals surface area contributed by atoms with Gasteiger partial charge in [0.2, 0.25) is 0 Å². The van der Waals surface area contributed by atoms with Gasteiger partial charge in [-0.3, -0.25) is 14.5 Å². The highest BCUT2D eigenvalue weighted by Gasteiger charge is 2.47. The largest absolute Gasteiger partial charge is 0.858 e. The molecule has 0 radical (unpaired) electrons. The summed E-state index contributed by atoms with van der Waals surface area (Å²) in [5, 5.41) is 17.7. The first kappa shape index (κ1) is 19.6. The van der Waals surface area contributed by atoms with Gasteiger partial charge in [-0.05, 0) is 51.3 Å². The number of para-hydroxylation sites is 1. The van der Waals surface area contributed by atoms with Crippen molar-refractivity contribution in [1.82, 2.24) is 14.7 Å². The van der Waals surface area contributed by atoms with Crippen molar-refractivity contribution in [2.75, 3.05) is 0 Å². The molecule has 0 saturated heterocycles. The highest BCUT2D eigenvalue weighted by atomic mass is 16.3. The Balaban J connectivity index is 1.98. The van der Waals surface area contributed by atoms with Crippen molar-refractivity contribution in [2.24, 2.45) is 0 Å². The highest BCUT2D eigenvalue weighted by molar-refractivity contribution is 6.45. The molecular weight excluding hydrogens is 380 g/mol. The molecule has 0 unspecified atom stereocenters. The summed E-state index contributed by atoms with van der Waals surface area (Å²) in [6.45, 7) is 7.16. The summed E-state index contributed by atoms with van der Waals surface area (Å²) in [5.74, 6) is -1.33. The predicted molar refractivity (Wildman–Crippen MR) is 109 cm³/mol. The van der Waals surface area contributed by atoms with Gasteiger partial charge in [0, 0.05) is 23.7 Å². The topological polar surface area (TPSA) is 82.1 Å². The Hall–Kier alpha value is -3.74. The van der Waals surface area contributed by atoms with Gasteiger partial charge < -0.3 is 5.11 Å². The van der Waals surface area contributed by atoms with Gasteiger partial charge in [0.1, 0.15) is 5.57 Å². The van der Waals surface area contributed by atoms with E-state index in [1.807, 2.05) is 37.3 Å². The molecule has 4 rings (SSSR count). The van der Waals surface area contributed by atoms with Crippen molar-refractivity contribution in [1.29, 1.82) is 0 Å². The predicted octanol–water partition coefficient (Wildman–Crippen LogP) is 2.00. The lowest BCUT2D eigenvalue weighted by atomic mass is 10.0. The van der Waals surface area contributed by atoms with Crippen LogP contribution in [0.3, 0.4) is 0 Å². The van der Waals surface area contributed by atoms with E-state index < -0.39 is 17.7 Å². The molecule has 0 spiro atoms. The second-order valence-electron chi connectivity index (χ2n) is 7.59. The van der Waals surface area contributed by atoms with Gasteiger partial charge in [-0.25, -0.2) is 4.68 Å². The molecule has 3 heterocycles. The number of rotatable bonds is 4. The second kappa shape index (κ2) is 7.26. The van der Waals surface area contributed by atoms with Crippen LogP contribution < -0.4 is 9.67 Å². The van der Waals surface area contributed by atoms with Crippen LogP contribution in [0.4, 0.5) is 0 Å². The number of carbonyl (C=O) groups excluding carboxylic acids is 2. The van der Waals surface area contributed by atoms with Gasteiger partial charge in [0.05, 0.1) is 11.4 Å². The maximum atomic E-state index is 13.3. The molecule has 7 nitrogen and oxygen atoms in total. The third-order valence-corrected chi connectivity index (χ3v) is 5.13. The molecule has 152 valence electrons. The van der Waals surface area contributed by atoms with E-state index in [1.165, 1.54) is 9.58 Å². The molecule has 0 fully saturated rings. The Kier molecular flexibility index (Phi) is 4.73. The third-order valence-electron chi connectivity index (χ3n) is 5.13. The van der Waals surface area contributed by atoms with Gasteiger partial charge in [0.15, 0.2) is 12.4 Å². The zero-order valence-corrected chi connectivity index (χ0v) is 17.3. The second-order valence-corrected chi connectivity index (χ2v) is 7.59. The van der Waals surface area contributed by atoms with Crippen LogP contribution in [0.2, 0.25) is 0 Å². The summed E-state index contributed by atoms with van der Waals surface area (Å²) in [6, 6.07) is 12.3. The molecule has 1 aromatic carbocycles. The molecule has 0 atom stereocenters. The first-order chi connectivity index (χ1) is 14.3. The number of hydrogen-bond acceptors (Lipinski definition) is 4. The van der Waals surface area contributed by atoms with Crippen LogP contribution in [0.5, 0.6) is 5.88 Å². The first-order valence-corrected chi connectivity index (χ1v) is 9.74. The molecule has 7 heteroatoms. The fourth-order valence-corrected chi connectivity index (χ4v) is 3.66. The number of hydrogen-bond donors (Lipinski definition) is 0. The number of aromatic nitrogens is 3. The number of carbonyl (C=O) groups is 2. The molecule has 0 aliphatic carbocycles. The number of amides is 2. The minimum atomic E-state index is -0.481. The lowest BCUT2D eigenvalue weighted by Crippen LogP contribution is -2.42. The lowest BCUT2D eigenvalue weighted by Gasteiger charge is -2.18. The van der Waals surface area contributed by atoms with E-state index in [9.17, 15) is 14.7 Å². The average molecular weight is 402 g/mol. The molecule has 2 amide bonds. The van der Waals surface area contributed by atoms with Gasteiger partial charge in [-0.2, -0.15) is 9.67 Å². The Morgan fingerprint density at radius 2 is 1.60 bits per heavy atom. The van der Waals surface area contributed by atoms with Crippen molar-refractivity contribution in [3.05, 3.63) is 71.7 Å². The molecule has 1 aliphatic rings. The van der Waals surface area contributed by atoms with E-state index in [-0.39, 0.29) is 22.9 Å². The number of benzene rings is 1. The van der Waals surface area contributed by atoms with Crippen molar-refractivity contribution in [2.45, 2.75) is 33.7 Å². The Morgan fingerprint density at radius 1 is 0.967 bits per heavy atom. The van der Waals surface area contributed by atoms with Gasteiger partial charge in [-0.1, -0.05) is 18.2 Å². The summed E-state index contributed by atoms with van der Waals surface area (Å²) in [4.78, 5) is 27.7. The highest BCUT2D eigenvalue weighted by Crippen LogP contribution is 2.37. The molecular formula is C23H22N4O3. The summed E-state index contributed by atoms with van der Waals surface area (Å²) in [6.07, 6.45) is 3.45. The SMILES string of the molecule is Cc1cc[n+](C2=C(c3c(C)nn(-c4ccccc4)c3[O-])C(=O)N(C(C)C)C2=O)cc1. The minimum absolute atomic E-state index is 0.0900. The van der Waals surface area contributed by atoms with E-state index in [2.05, 4.69) is 5.10 Å². The van der Waals surface area contributed by atoms with E-state index >= 15 is 0 Å². The maximum absolute atomic E-state index is 13.3. The quantitative estimate of drug-likeness (QED) is 0.494. The number of imide groups is 1. The minimum Gasteiger partial charge on any atom is -0.858 e. The standard InChI is InChI=1S/C23H22N4O3/c1-14(2)26-21(28)19(20(23(26)30)25-12-10-15(3)11-13-25)18-16(4)24-27(22(18)29)17-8-6-5-7-9-17/h5-14H,1-4H3. The van der Waals surface area contributed by atoms with Crippen LogP contribution in [-0.2, 0) is 9.59 Å². The Labute approximate surface area is 174 Å². The third kappa shape index (κ3) is 2.99. The smallest absolute Gasteiger partial charge is 0.327 e. The summed E-state index contributed by atoms with van der Waals surface area (Å²) < 4.78 is 2.87. The van der Waals surface area contributed by atoms with E-state index in [0.29, 0.717) is 11.4 Å². The van der Waals surface area contributed by atoms with Crippen LogP contribution in [-0.4, -0.2) is 32.5 Å². The first-order valence-electron chi connectivity index (χ1n) is 9.74. The molecule has 0 saturated carbocycles. The van der Waals surface area contributed by atoms with Gasteiger partial charge in [-0.15, -0.1) is 0 Å². The van der Waals surface area contributed by atoms with E-state index in [4.69, 9.17) is 0 Å². The van der Waals surface area contributed by atoms with Crippen LogP contribution in [0.1, 0.15) is 30.7 Å². The number of aryl methyl sites for hydroxylation is 2. The zero-order valence-electron chi connectivity index (χ0n) is 17.3. The summed E-state index contributed by atoms with van der Waals surface area (Å²) >= 11 is 0. The molecule has 2 aromatic heterocycles. The van der Waals surface area contributed by atoms with Crippen molar-refractivity contribution >= 4 is 23.1 Å². The van der Waals surface area contributed by atoms with Gasteiger partial charge in [0.25, 0.3) is 11.6 Å². The fraction of sp³-hybridized carbons (Fsp3) is 0.217. The average Bonchev–Trinajstić information content (AvgIpc) is 3.15. The van der Waals surface area contributed by atoms with Crippen molar-refractivity contribution in [3.8, 4) is 11.6 Å². The normalized spacial score (nSPS) is 14.4. The fourth-order valence-electron chi connectivity index (χ4n) is 3.66. The molecule has 0 bridgehead atoms. The van der Waals surface area contributed by atoms with E-state index in [0.717, 1.165) is 5.56 Å². The van der Waals surface area contributed by atoms with Crippen LogP contribution in [0.25, 0.3) is 17.0 Å². The maximum Gasteiger partial charge on any atom is 0.327 e. The van der Waals surface area contributed by atoms with E-state index in [1.54, 1.807) is 49.9 Å². The Morgan fingerprint density at radius 3 is 2.20 bits per heavy atom. The molecule has 1 aliphatic heterocycles. The summed E-state index contributed by atoms with van der Waals surface area (Å²) in [7, 11) is 0. The van der Waals surface area contributed by atoms with Crippen molar-refractivity contribution in [3.63, 3.8) is 0 Å². The molecule has 3 aromatic rings. The van der Waals surface area contributed by atoms with Crippen LogP contribution in [0.15, 0.2) is 54.9 Å². The molecule has 0 N–H and O–H groups in total. The Bertz CT molecular complexity index is 1180. The van der Waals surface area contributed by atoms with Gasteiger partial charge >= 0.3 is 5.91 Å².